The fourth-order valence-corrected chi connectivity index (χ4v) is 4.76. The summed E-state index contributed by atoms with van der Waals surface area (Å²) in [6.07, 6.45) is 8.37. The molecule has 1 heterocycles. The van der Waals surface area contributed by atoms with Gasteiger partial charge in [-0.2, -0.15) is 0 Å². The topological polar surface area (TPSA) is 46.3 Å². The van der Waals surface area contributed by atoms with Crippen LogP contribution in [0.15, 0.2) is 48.5 Å². The van der Waals surface area contributed by atoms with Gasteiger partial charge in [-0.1, -0.05) is 73.9 Å². The first-order valence-electron chi connectivity index (χ1n) is 11.6. The molecular formula is C27H40N2O. The highest BCUT2D eigenvalue weighted by molar-refractivity contribution is 5.42. The highest BCUT2D eigenvalue weighted by Gasteiger charge is 2.23. The van der Waals surface area contributed by atoms with Crippen LogP contribution in [0.4, 0.5) is 0 Å². The molecular weight excluding hydrogens is 368 g/mol. The van der Waals surface area contributed by atoms with Gasteiger partial charge in [0, 0.05) is 13.1 Å². The summed E-state index contributed by atoms with van der Waals surface area (Å²) in [7, 11) is 0. The normalized spacial score (nSPS) is 17.2. The summed E-state index contributed by atoms with van der Waals surface area (Å²) in [5.74, 6) is 1.65. The maximum absolute atomic E-state index is 8.58. The number of aryl methyl sites for hydroxylation is 2. The van der Waals surface area contributed by atoms with Crippen molar-refractivity contribution in [3.63, 3.8) is 0 Å². The minimum absolute atomic E-state index is 0.250. The molecule has 0 saturated carbocycles. The molecule has 1 aliphatic heterocycles. The van der Waals surface area contributed by atoms with E-state index >= 15 is 0 Å². The second-order valence-corrected chi connectivity index (χ2v) is 8.78. The fraction of sp³-hybridized carbons (Fsp3) is 0.519. The number of likely N-dealkylation sites (tertiary alicyclic amines) is 1. The van der Waals surface area contributed by atoms with Crippen LogP contribution in [-0.4, -0.2) is 24.4 Å². The maximum Gasteiger partial charge on any atom is 0.204 e. The summed E-state index contributed by atoms with van der Waals surface area (Å²) in [5, 5.41) is 0. The highest BCUT2D eigenvalue weighted by Crippen LogP contribution is 2.30. The van der Waals surface area contributed by atoms with Crippen LogP contribution in [0.25, 0.3) is 0 Å². The van der Waals surface area contributed by atoms with E-state index < -0.39 is 0 Å². The van der Waals surface area contributed by atoms with Gasteiger partial charge in [0.05, 0.1) is 0 Å². The zero-order valence-corrected chi connectivity index (χ0v) is 19.1. The molecule has 3 nitrogen and oxygen atoms in total. The van der Waals surface area contributed by atoms with Crippen molar-refractivity contribution in [1.82, 2.24) is 4.90 Å². The number of benzene rings is 2. The third kappa shape index (κ3) is 7.95. The lowest BCUT2D eigenvalue weighted by molar-refractivity contribution is -0.106. The molecule has 2 unspecified atom stereocenters. The molecule has 164 valence electrons. The van der Waals surface area contributed by atoms with Gasteiger partial charge < -0.3 is 5.73 Å². The average molecular weight is 409 g/mol. The monoisotopic (exact) mass is 408 g/mol. The summed E-state index contributed by atoms with van der Waals surface area (Å²) in [6.45, 7) is 10.5. The van der Waals surface area contributed by atoms with Crippen molar-refractivity contribution >= 4 is 6.41 Å². The van der Waals surface area contributed by atoms with Crippen LogP contribution in [0.3, 0.4) is 0 Å². The Morgan fingerprint density at radius 2 is 1.87 bits per heavy atom. The molecule has 30 heavy (non-hydrogen) atoms. The number of carbonyl (C=O) groups excluding carboxylic acids is 1. The molecule has 3 heteroatoms. The Morgan fingerprint density at radius 1 is 1.13 bits per heavy atom. The van der Waals surface area contributed by atoms with Crippen LogP contribution in [0, 0.1) is 19.8 Å². The first kappa shape index (κ1) is 24.1. The largest absolute Gasteiger partial charge is 0.372 e. The Morgan fingerprint density at radius 3 is 2.53 bits per heavy atom. The van der Waals surface area contributed by atoms with Crippen molar-refractivity contribution < 1.29 is 4.79 Å². The van der Waals surface area contributed by atoms with Crippen LogP contribution < -0.4 is 5.73 Å². The molecule has 1 saturated heterocycles. The SMILES string of the molecule is CCCC(CCCC1CCN(Cc2ccc(C)cc2C)C1)c1ccccc1.NC=O. The van der Waals surface area contributed by atoms with Gasteiger partial charge in [-0.15, -0.1) is 0 Å². The summed E-state index contributed by atoms with van der Waals surface area (Å²) < 4.78 is 0. The van der Waals surface area contributed by atoms with Crippen molar-refractivity contribution in [1.29, 1.82) is 0 Å². The van der Waals surface area contributed by atoms with Crippen LogP contribution in [-0.2, 0) is 11.3 Å². The quantitative estimate of drug-likeness (QED) is 0.519. The molecule has 0 bridgehead atoms. The van der Waals surface area contributed by atoms with Gasteiger partial charge in [0.1, 0.15) is 0 Å². The maximum atomic E-state index is 8.58. The van der Waals surface area contributed by atoms with E-state index in [2.05, 4.69) is 79.9 Å². The molecule has 0 radical (unpaired) electrons. The van der Waals surface area contributed by atoms with E-state index in [1.807, 2.05) is 0 Å². The molecule has 2 aromatic carbocycles. The Hall–Kier alpha value is -2.13. The summed E-state index contributed by atoms with van der Waals surface area (Å²) in [6, 6.07) is 18.1. The second kappa shape index (κ2) is 13.2. The van der Waals surface area contributed by atoms with Crippen molar-refractivity contribution in [3.8, 4) is 0 Å². The first-order chi connectivity index (χ1) is 14.6. The van der Waals surface area contributed by atoms with E-state index in [-0.39, 0.29) is 6.41 Å². The first-order valence-corrected chi connectivity index (χ1v) is 11.6. The standard InChI is InChI=1S/C26H37N.CH3NO/c1-4-9-24(25-11-6-5-7-12-25)13-8-10-23-16-17-27(19-23)20-26-15-14-21(2)18-22(26)3;2-1-3/h5-7,11-12,14-15,18,23-24H,4,8-10,13,16-17,19-20H2,1-3H3;1H,(H2,2,3). The smallest absolute Gasteiger partial charge is 0.204 e. The number of amides is 1. The van der Waals surface area contributed by atoms with E-state index in [4.69, 9.17) is 4.79 Å². The van der Waals surface area contributed by atoms with Crippen molar-refractivity contribution in [2.24, 2.45) is 11.7 Å². The molecule has 2 atom stereocenters. The Labute approximate surface area is 183 Å². The van der Waals surface area contributed by atoms with Crippen LogP contribution in [0.5, 0.6) is 0 Å². The van der Waals surface area contributed by atoms with Gasteiger partial charge in [-0.05, 0) is 74.6 Å². The highest BCUT2D eigenvalue weighted by atomic mass is 16.1. The van der Waals surface area contributed by atoms with Crippen molar-refractivity contribution in [2.45, 2.75) is 71.8 Å². The minimum Gasteiger partial charge on any atom is -0.372 e. The number of nitrogens with two attached hydrogens (primary N) is 1. The van der Waals surface area contributed by atoms with Gasteiger partial charge in [0.15, 0.2) is 0 Å². The Kier molecular flexibility index (Phi) is 10.6. The number of primary amides is 1. The molecule has 0 aromatic heterocycles. The number of nitrogens with zero attached hydrogens (tertiary/aromatic N) is 1. The van der Waals surface area contributed by atoms with E-state index in [9.17, 15) is 0 Å². The van der Waals surface area contributed by atoms with E-state index in [1.165, 1.54) is 68.3 Å². The Bertz CT molecular complexity index is 744. The van der Waals surface area contributed by atoms with E-state index in [0.29, 0.717) is 0 Å². The molecule has 2 aromatic rings. The molecule has 1 fully saturated rings. The van der Waals surface area contributed by atoms with Crippen LogP contribution in [0.1, 0.15) is 73.6 Å². The second-order valence-electron chi connectivity index (χ2n) is 8.78. The fourth-order valence-electron chi connectivity index (χ4n) is 4.76. The predicted molar refractivity (Wildman–Crippen MR) is 127 cm³/mol. The minimum atomic E-state index is 0.250. The molecule has 3 rings (SSSR count). The van der Waals surface area contributed by atoms with Crippen LogP contribution in [0.2, 0.25) is 0 Å². The third-order valence-corrected chi connectivity index (χ3v) is 6.34. The lowest BCUT2D eigenvalue weighted by Gasteiger charge is -2.19. The summed E-state index contributed by atoms with van der Waals surface area (Å²) in [5.41, 5.74) is 10.0. The van der Waals surface area contributed by atoms with Gasteiger partial charge in [0.2, 0.25) is 6.41 Å². The zero-order chi connectivity index (χ0) is 21.8. The number of rotatable bonds is 9. The van der Waals surface area contributed by atoms with Gasteiger partial charge >= 0.3 is 0 Å². The van der Waals surface area contributed by atoms with Crippen molar-refractivity contribution in [3.05, 3.63) is 70.8 Å². The van der Waals surface area contributed by atoms with E-state index in [1.54, 1.807) is 5.56 Å². The van der Waals surface area contributed by atoms with Gasteiger partial charge in [0.25, 0.3) is 0 Å². The number of hydrogen-bond donors (Lipinski definition) is 1. The number of hydrogen-bond acceptors (Lipinski definition) is 2. The van der Waals surface area contributed by atoms with E-state index in [0.717, 1.165) is 18.4 Å². The van der Waals surface area contributed by atoms with Crippen LogP contribution >= 0.6 is 0 Å². The lowest BCUT2D eigenvalue weighted by atomic mass is 9.88. The lowest BCUT2D eigenvalue weighted by Crippen LogP contribution is -2.20. The van der Waals surface area contributed by atoms with Gasteiger partial charge in [-0.25, -0.2) is 0 Å². The summed E-state index contributed by atoms with van der Waals surface area (Å²) >= 11 is 0. The molecule has 2 N–H and O–H groups in total. The zero-order valence-electron chi connectivity index (χ0n) is 19.1. The molecule has 1 aliphatic rings. The predicted octanol–water partition coefficient (Wildman–Crippen LogP) is 5.98. The Balaban J connectivity index is 0.00000101. The molecule has 0 aliphatic carbocycles. The molecule has 0 spiro atoms. The third-order valence-electron chi connectivity index (χ3n) is 6.34. The average Bonchev–Trinajstić information content (AvgIpc) is 3.18. The van der Waals surface area contributed by atoms with Gasteiger partial charge in [-0.3, -0.25) is 9.69 Å². The summed E-state index contributed by atoms with van der Waals surface area (Å²) in [4.78, 5) is 11.3. The number of carbonyl (C=O) groups is 1. The van der Waals surface area contributed by atoms with Crippen molar-refractivity contribution in [2.75, 3.05) is 13.1 Å². The molecule has 1 amide bonds.